The van der Waals surface area contributed by atoms with Gasteiger partial charge in [-0.15, -0.1) is 0 Å². The third-order valence-corrected chi connectivity index (χ3v) is 4.81. The van der Waals surface area contributed by atoms with Gasteiger partial charge in [-0.25, -0.2) is 0 Å². The van der Waals surface area contributed by atoms with Crippen LogP contribution in [0.2, 0.25) is 0 Å². The van der Waals surface area contributed by atoms with E-state index in [1.807, 2.05) is 54.6 Å². The Labute approximate surface area is 155 Å². The molecule has 0 aliphatic carbocycles. The normalized spacial score (nSPS) is 11.3. The number of hydrogen-bond acceptors (Lipinski definition) is 2. The van der Waals surface area contributed by atoms with Crippen molar-refractivity contribution in [3.8, 4) is 11.3 Å². The molecule has 0 bridgehead atoms. The molecule has 0 N–H and O–H groups in total. The van der Waals surface area contributed by atoms with Gasteiger partial charge < -0.3 is 0 Å². The minimum atomic E-state index is 0.487. The number of pyridine rings is 2. The third-order valence-electron chi connectivity index (χ3n) is 4.81. The molecule has 130 valence electrons. The van der Waals surface area contributed by atoms with Gasteiger partial charge in [-0.2, -0.15) is 4.79 Å². The minimum absolute atomic E-state index is 0.487. The first-order valence-corrected chi connectivity index (χ1v) is 8.85. The number of para-hydroxylation sites is 1. The Balaban J connectivity index is 1.82. The molecule has 0 aliphatic rings. The fourth-order valence-corrected chi connectivity index (χ4v) is 3.59. The molecule has 27 heavy (non-hydrogen) atoms. The molecule has 0 aliphatic heterocycles. The summed E-state index contributed by atoms with van der Waals surface area (Å²) in [5.74, 6) is 0. The number of aromatic nitrogens is 3. The number of halogens is 1. The summed E-state index contributed by atoms with van der Waals surface area (Å²) < 4.78 is 15.2. The van der Waals surface area contributed by atoms with E-state index in [9.17, 15) is 0 Å². The standard InChI is InChI=1S/C23H16FN3/c24-27-21-11-5-4-10-19(21)20-14-18(13-16-7-2-1-3-8-16)26-22(23(20)27)17-9-6-12-25-15-17/h1-12,14-15H,13H2. The summed E-state index contributed by atoms with van der Waals surface area (Å²) in [6, 6.07) is 23.5. The molecule has 0 atom stereocenters. The van der Waals surface area contributed by atoms with Crippen LogP contribution in [-0.4, -0.2) is 14.8 Å². The molecule has 0 fully saturated rings. The van der Waals surface area contributed by atoms with Crippen molar-refractivity contribution < 1.29 is 4.48 Å². The lowest BCUT2D eigenvalue weighted by atomic mass is 10.0. The van der Waals surface area contributed by atoms with Gasteiger partial charge in [0.1, 0.15) is 5.52 Å². The van der Waals surface area contributed by atoms with E-state index >= 15 is 4.48 Å². The van der Waals surface area contributed by atoms with Crippen LogP contribution in [0.15, 0.2) is 85.2 Å². The first kappa shape index (κ1) is 15.7. The second-order valence-corrected chi connectivity index (χ2v) is 6.56. The maximum atomic E-state index is 15.2. The highest BCUT2D eigenvalue weighted by Gasteiger charge is 2.18. The van der Waals surface area contributed by atoms with E-state index in [0.717, 1.165) is 26.8 Å². The average molecular weight is 353 g/mol. The molecule has 3 nitrogen and oxygen atoms in total. The first-order chi connectivity index (χ1) is 13.3. The fourth-order valence-electron chi connectivity index (χ4n) is 3.59. The van der Waals surface area contributed by atoms with Crippen LogP contribution in [0.3, 0.4) is 0 Å². The number of rotatable bonds is 3. The zero-order valence-corrected chi connectivity index (χ0v) is 14.5. The third kappa shape index (κ3) is 2.66. The molecule has 0 saturated heterocycles. The van der Waals surface area contributed by atoms with E-state index < -0.39 is 0 Å². The van der Waals surface area contributed by atoms with Gasteiger partial charge in [-0.3, -0.25) is 9.97 Å². The van der Waals surface area contributed by atoms with Gasteiger partial charge in [0.2, 0.25) is 0 Å². The summed E-state index contributed by atoms with van der Waals surface area (Å²) in [6.07, 6.45) is 4.13. The molecule has 3 aromatic heterocycles. The Hall–Kier alpha value is -3.53. The van der Waals surface area contributed by atoms with Crippen molar-refractivity contribution in [2.45, 2.75) is 6.42 Å². The van der Waals surface area contributed by atoms with Crippen LogP contribution in [0, 0.1) is 0 Å². The minimum Gasteiger partial charge on any atom is -0.264 e. The van der Waals surface area contributed by atoms with E-state index in [1.54, 1.807) is 18.5 Å². The van der Waals surface area contributed by atoms with Gasteiger partial charge in [0.25, 0.3) is 0 Å². The maximum Gasteiger partial charge on any atom is 0.109 e. The van der Waals surface area contributed by atoms with Crippen LogP contribution < -0.4 is 0 Å². The van der Waals surface area contributed by atoms with Crippen molar-refractivity contribution >= 4 is 21.8 Å². The van der Waals surface area contributed by atoms with E-state index in [0.29, 0.717) is 23.1 Å². The van der Waals surface area contributed by atoms with Crippen molar-refractivity contribution in [2.75, 3.05) is 0 Å². The van der Waals surface area contributed by atoms with E-state index in [2.05, 4.69) is 17.1 Å². The summed E-state index contributed by atoms with van der Waals surface area (Å²) >= 11 is 0. The van der Waals surface area contributed by atoms with Crippen LogP contribution in [0.1, 0.15) is 11.3 Å². The van der Waals surface area contributed by atoms with Crippen molar-refractivity contribution in [3.63, 3.8) is 0 Å². The smallest absolute Gasteiger partial charge is 0.109 e. The summed E-state index contributed by atoms with van der Waals surface area (Å²) in [4.78, 5) is 9.76. The van der Waals surface area contributed by atoms with Crippen molar-refractivity contribution in [2.24, 2.45) is 0 Å². The van der Waals surface area contributed by atoms with E-state index in [-0.39, 0.29) is 0 Å². The predicted octanol–water partition coefficient (Wildman–Crippen LogP) is 5.57. The molecular formula is C23H16FN3. The van der Waals surface area contributed by atoms with Gasteiger partial charge >= 0.3 is 0 Å². The van der Waals surface area contributed by atoms with Gasteiger partial charge in [-0.05, 0) is 29.8 Å². The molecule has 2 aromatic carbocycles. The Kier molecular flexibility index (Phi) is 3.68. The second kappa shape index (κ2) is 6.32. The molecule has 5 rings (SSSR count). The number of benzene rings is 2. The van der Waals surface area contributed by atoms with Crippen molar-refractivity contribution in [1.29, 1.82) is 0 Å². The average Bonchev–Trinajstić information content (AvgIpc) is 3.02. The van der Waals surface area contributed by atoms with Gasteiger partial charge in [0.15, 0.2) is 0 Å². The Morgan fingerprint density at radius 2 is 1.67 bits per heavy atom. The molecular weight excluding hydrogens is 337 g/mol. The highest BCUT2D eigenvalue weighted by atomic mass is 19.2. The van der Waals surface area contributed by atoms with Crippen molar-refractivity contribution in [1.82, 2.24) is 14.8 Å². The predicted molar refractivity (Wildman–Crippen MR) is 106 cm³/mol. The molecule has 3 heterocycles. The quantitative estimate of drug-likeness (QED) is 0.424. The van der Waals surface area contributed by atoms with Gasteiger partial charge in [0.05, 0.1) is 11.2 Å². The molecule has 0 amide bonds. The lowest BCUT2D eigenvalue weighted by molar-refractivity contribution is 0.405. The SMILES string of the molecule is Fn1c2ccccc2c2cc(Cc3ccccc3)nc(-c3cccnc3)c21. The Morgan fingerprint density at radius 1 is 0.852 bits per heavy atom. The summed E-state index contributed by atoms with van der Waals surface area (Å²) in [7, 11) is 0. The maximum absolute atomic E-state index is 15.2. The van der Waals surface area contributed by atoms with E-state index in [1.165, 1.54) is 5.56 Å². The first-order valence-electron chi connectivity index (χ1n) is 8.85. The van der Waals surface area contributed by atoms with Crippen LogP contribution in [-0.2, 0) is 6.42 Å². The molecule has 0 radical (unpaired) electrons. The zero-order valence-electron chi connectivity index (χ0n) is 14.5. The summed E-state index contributed by atoms with van der Waals surface area (Å²) in [5.41, 5.74) is 4.54. The largest absolute Gasteiger partial charge is 0.264 e. The molecule has 5 aromatic rings. The summed E-state index contributed by atoms with van der Waals surface area (Å²) in [6.45, 7) is 0. The van der Waals surface area contributed by atoms with Crippen LogP contribution in [0.25, 0.3) is 33.1 Å². The summed E-state index contributed by atoms with van der Waals surface area (Å²) in [5, 5.41) is 1.75. The number of nitrogens with zero attached hydrogens (tertiary/aromatic N) is 3. The highest BCUT2D eigenvalue weighted by Crippen LogP contribution is 2.35. The molecule has 0 spiro atoms. The van der Waals surface area contributed by atoms with E-state index in [4.69, 9.17) is 4.98 Å². The Morgan fingerprint density at radius 3 is 2.48 bits per heavy atom. The van der Waals surface area contributed by atoms with Gasteiger partial charge in [0, 0.05) is 40.8 Å². The monoisotopic (exact) mass is 353 g/mol. The van der Waals surface area contributed by atoms with Crippen LogP contribution in [0.4, 0.5) is 4.48 Å². The van der Waals surface area contributed by atoms with Crippen molar-refractivity contribution in [3.05, 3.63) is 96.4 Å². The highest BCUT2D eigenvalue weighted by molar-refractivity contribution is 6.11. The van der Waals surface area contributed by atoms with Crippen LogP contribution >= 0.6 is 0 Å². The molecule has 0 saturated carbocycles. The van der Waals surface area contributed by atoms with Gasteiger partial charge in [-0.1, -0.05) is 53.0 Å². The Bertz CT molecular complexity index is 1240. The lowest BCUT2D eigenvalue weighted by Gasteiger charge is -2.08. The molecule has 0 unspecified atom stereocenters. The molecule has 4 heteroatoms. The lowest BCUT2D eigenvalue weighted by Crippen LogP contribution is -1.97. The zero-order chi connectivity index (χ0) is 18.2. The fraction of sp³-hybridized carbons (Fsp3) is 0.0435. The topological polar surface area (TPSA) is 30.7 Å². The van der Waals surface area contributed by atoms with Crippen LogP contribution in [0.5, 0.6) is 0 Å². The number of hydrogen-bond donors (Lipinski definition) is 0. The second-order valence-electron chi connectivity index (χ2n) is 6.56. The number of fused-ring (bicyclic) bond motifs is 3.